The van der Waals surface area contributed by atoms with E-state index in [1.165, 1.54) is 5.56 Å². The number of thiophene rings is 1. The van der Waals surface area contributed by atoms with Gasteiger partial charge < -0.3 is 0 Å². The Morgan fingerprint density at radius 1 is 0.812 bits per heavy atom. The van der Waals surface area contributed by atoms with Gasteiger partial charge in [-0.15, -0.1) is 11.3 Å². The number of hydrogen-bond donors (Lipinski definition) is 0. The Kier molecular flexibility index (Phi) is 2.52. The minimum Gasteiger partial charge on any atom is -0.256 e. The van der Waals surface area contributed by atoms with Crippen LogP contribution in [0.5, 0.6) is 0 Å². The molecule has 3 aromatic rings. The number of hydrogen-bond acceptors (Lipinski definition) is 4. The van der Waals surface area contributed by atoms with Gasteiger partial charge in [0.15, 0.2) is 0 Å². The first kappa shape index (κ1) is 9.69. The van der Waals surface area contributed by atoms with Crippen LogP contribution in [0.15, 0.2) is 46.0 Å². The summed E-state index contributed by atoms with van der Waals surface area (Å²) >= 11 is 3.30. The van der Waals surface area contributed by atoms with Crippen LogP contribution >= 0.6 is 22.7 Å². The van der Waals surface area contributed by atoms with Crippen molar-refractivity contribution in [1.82, 2.24) is 9.97 Å². The van der Waals surface area contributed by atoms with E-state index in [1.807, 2.05) is 29.9 Å². The van der Waals surface area contributed by atoms with Crippen LogP contribution in [0.4, 0.5) is 0 Å². The lowest BCUT2D eigenvalue weighted by molar-refractivity contribution is 1.33. The molecule has 3 heterocycles. The average Bonchev–Trinajstić information content (AvgIpc) is 3.01. The first-order valence-electron chi connectivity index (χ1n) is 4.81. The third-order valence-corrected chi connectivity index (χ3v) is 3.64. The summed E-state index contributed by atoms with van der Waals surface area (Å²) in [5.41, 5.74) is 6.23. The molecule has 0 bridgehead atoms. The van der Waals surface area contributed by atoms with Crippen molar-refractivity contribution in [2.24, 2.45) is 0 Å². The molecule has 0 fully saturated rings. The molecule has 0 saturated carbocycles. The first-order chi connectivity index (χ1) is 7.95. The van der Waals surface area contributed by atoms with Crippen molar-refractivity contribution in [3.8, 4) is 22.5 Å². The van der Waals surface area contributed by atoms with E-state index in [4.69, 9.17) is 0 Å². The zero-order chi connectivity index (χ0) is 10.8. The van der Waals surface area contributed by atoms with E-state index >= 15 is 0 Å². The van der Waals surface area contributed by atoms with Crippen molar-refractivity contribution < 1.29 is 0 Å². The van der Waals surface area contributed by atoms with Crippen molar-refractivity contribution in [2.45, 2.75) is 0 Å². The molecule has 3 aromatic heterocycles. The number of rotatable bonds is 2. The zero-order valence-electron chi connectivity index (χ0n) is 8.33. The van der Waals surface area contributed by atoms with Gasteiger partial charge in [-0.3, -0.25) is 4.98 Å². The monoisotopic (exact) mass is 244 g/mol. The predicted molar refractivity (Wildman–Crippen MR) is 68.7 cm³/mol. The maximum absolute atomic E-state index is 4.37. The van der Waals surface area contributed by atoms with Crippen LogP contribution in [0.25, 0.3) is 22.5 Å². The molecule has 0 amide bonds. The van der Waals surface area contributed by atoms with Crippen LogP contribution in [-0.4, -0.2) is 9.97 Å². The number of pyridine rings is 1. The number of thiazole rings is 1. The van der Waals surface area contributed by atoms with Crippen molar-refractivity contribution in [3.63, 3.8) is 0 Å². The Hall–Kier alpha value is -1.52. The lowest BCUT2D eigenvalue weighted by Gasteiger charge is -2.00. The van der Waals surface area contributed by atoms with Crippen molar-refractivity contribution >= 4 is 22.7 Å². The van der Waals surface area contributed by atoms with E-state index in [-0.39, 0.29) is 0 Å². The van der Waals surface area contributed by atoms with Gasteiger partial charge in [0.05, 0.1) is 16.9 Å². The molecule has 0 unspecified atom stereocenters. The van der Waals surface area contributed by atoms with Crippen LogP contribution < -0.4 is 0 Å². The summed E-state index contributed by atoms with van der Waals surface area (Å²) in [6.07, 6.45) is 1.82. The van der Waals surface area contributed by atoms with Crippen LogP contribution in [0.1, 0.15) is 0 Å². The Balaban J connectivity index is 2.14. The van der Waals surface area contributed by atoms with Gasteiger partial charge in [0, 0.05) is 33.5 Å². The summed E-state index contributed by atoms with van der Waals surface area (Å²) in [6.45, 7) is 0. The Morgan fingerprint density at radius 2 is 1.69 bits per heavy atom. The minimum atomic E-state index is 1.01. The third-order valence-electron chi connectivity index (χ3n) is 2.31. The lowest BCUT2D eigenvalue weighted by atomic mass is 10.1. The Labute approximate surface area is 101 Å². The normalized spacial score (nSPS) is 10.5. The summed E-state index contributed by atoms with van der Waals surface area (Å²) in [4.78, 5) is 8.72. The molecule has 2 nitrogen and oxygen atoms in total. The van der Waals surface area contributed by atoms with Gasteiger partial charge in [0.25, 0.3) is 0 Å². The van der Waals surface area contributed by atoms with Crippen LogP contribution in [0.3, 0.4) is 0 Å². The Morgan fingerprint density at radius 3 is 2.38 bits per heavy atom. The molecule has 0 spiro atoms. The summed E-state index contributed by atoms with van der Waals surface area (Å²) in [7, 11) is 0. The predicted octanol–water partition coefficient (Wildman–Crippen LogP) is 3.93. The SMILES string of the molecule is c1ccc(-c2cscc2-c2cscn2)nc1. The highest BCUT2D eigenvalue weighted by Crippen LogP contribution is 2.33. The van der Waals surface area contributed by atoms with Gasteiger partial charge >= 0.3 is 0 Å². The van der Waals surface area contributed by atoms with Gasteiger partial charge in [0.1, 0.15) is 0 Å². The van der Waals surface area contributed by atoms with Crippen molar-refractivity contribution in [3.05, 3.63) is 46.0 Å². The summed E-state index contributed by atoms with van der Waals surface area (Å²) in [5, 5.41) is 6.31. The second kappa shape index (κ2) is 4.15. The molecule has 16 heavy (non-hydrogen) atoms. The van der Waals surface area contributed by atoms with Gasteiger partial charge in [-0.05, 0) is 12.1 Å². The molecule has 0 aliphatic heterocycles. The lowest BCUT2D eigenvalue weighted by Crippen LogP contribution is -1.82. The molecule has 0 aliphatic carbocycles. The van der Waals surface area contributed by atoms with E-state index in [9.17, 15) is 0 Å². The first-order valence-corrected chi connectivity index (χ1v) is 6.70. The molecule has 0 radical (unpaired) electrons. The number of aromatic nitrogens is 2. The zero-order valence-corrected chi connectivity index (χ0v) is 9.96. The Bertz CT molecular complexity index is 570. The second-order valence-corrected chi connectivity index (χ2v) is 4.75. The van der Waals surface area contributed by atoms with Gasteiger partial charge in [-0.25, -0.2) is 4.98 Å². The number of nitrogens with zero attached hydrogens (tertiary/aromatic N) is 2. The van der Waals surface area contributed by atoms with E-state index in [0.29, 0.717) is 0 Å². The summed E-state index contributed by atoms with van der Waals surface area (Å²) in [6, 6.07) is 5.96. The molecule has 4 heteroatoms. The van der Waals surface area contributed by atoms with Crippen LogP contribution in [0.2, 0.25) is 0 Å². The summed E-state index contributed by atoms with van der Waals surface area (Å²) in [5.74, 6) is 0. The topological polar surface area (TPSA) is 25.8 Å². The molecule has 0 saturated heterocycles. The van der Waals surface area contributed by atoms with Crippen molar-refractivity contribution in [2.75, 3.05) is 0 Å². The highest BCUT2D eigenvalue weighted by atomic mass is 32.1. The van der Waals surface area contributed by atoms with E-state index in [1.54, 1.807) is 22.7 Å². The van der Waals surface area contributed by atoms with E-state index < -0.39 is 0 Å². The van der Waals surface area contributed by atoms with E-state index in [2.05, 4.69) is 26.1 Å². The fourth-order valence-electron chi connectivity index (χ4n) is 1.56. The highest BCUT2D eigenvalue weighted by Gasteiger charge is 2.10. The van der Waals surface area contributed by atoms with Crippen LogP contribution in [-0.2, 0) is 0 Å². The molecule has 78 valence electrons. The van der Waals surface area contributed by atoms with E-state index in [0.717, 1.165) is 17.0 Å². The average molecular weight is 244 g/mol. The standard InChI is InChI=1S/C12H8N2S2/c1-2-4-13-11(3-1)9-5-15-6-10(9)12-7-16-8-14-12/h1-8H. The minimum absolute atomic E-state index is 1.01. The molecule has 3 rings (SSSR count). The third kappa shape index (κ3) is 1.66. The second-order valence-electron chi connectivity index (χ2n) is 3.29. The fourth-order valence-corrected chi connectivity index (χ4v) is 2.95. The molecular formula is C12H8N2S2. The maximum Gasteiger partial charge on any atom is 0.0826 e. The molecule has 0 aromatic carbocycles. The molecule has 0 atom stereocenters. The van der Waals surface area contributed by atoms with Gasteiger partial charge in [-0.2, -0.15) is 11.3 Å². The molecule has 0 aliphatic rings. The maximum atomic E-state index is 4.37. The summed E-state index contributed by atoms with van der Waals surface area (Å²) < 4.78 is 0. The highest BCUT2D eigenvalue weighted by molar-refractivity contribution is 7.09. The molecule has 0 N–H and O–H groups in total. The van der Waals surface area contributed by atoms with Gasteiger partial charge in [-0.1, -0.05) is 6.07 Å². The largest absolute Gasteiger partial charge is 0.256 e. The quantitative estimate of drug-likeness (QED) is 0.682. The fraction of sp³-hybridized carbons (Fsp3) is 0. The van der Waals surface area contributed by atoms with Gasteiger partial charge in [0.2, 0.25) is 0 Å². The van der Waals surface area contributed by atoms with Crippen molar-refractivity contribution in [1.29, 1.82) is 0 Å². The molecular weight excluding hydrogens is 236 g/mol. The van der Waals surface area contributed by atoms with Crippen LogP contribution in [0, 0.1) is 0 Å². The smallest absolute Gasteiger partial charge is 0.0826 e.